The average Bonchev–Trinajstić information content (AvgIpc) is 3.32. The van der Waals surface area contributed by atoms with Crippen molar-refractivity contribution in [3.05, 3.63) is 41.0 Å². The number of amides is 2. The van der Waals surface area contributed by atoms with Gasteiger partial charge < -0.3 is 14.7 Å². The lowest BCUT2D eigenvalue weighted by molar-refractivity contribution is -0.140. The molecule has 7 nitrogen and oxygen atoms in total. The summed E-state index contributed by atoms with van der Waals surface area (Å²) in [4.78, 5) is 31.6. The summed E-state index contributed by atoms with van der Waals surface area (Å²) < 4.78 is 5.90. The third-order valence-corrected chi connectivity index (χ3v) is 9.87. The fourth-order valence-corrected chi connectivity index (χ4v) is 7.69. The standard InChI is InChI=1S/C26H34ClN3O4S2/c27-21-12-6-5-9-19(21)18-34-16-15-30(20-10-3-1-4-11-20)25(33)29-24-28-17-22(35-24)36-26(23(31)32)13-7-2-8-14-26/h5-6,9,12,17,20H,1-4,7-8,10-11,13-16,18H2,(H,31,32)(H,28,29,33). The number of halogens is 1. The van der Waals surface area contributed by atoms with Crippen molar-refractivity contribution in [2.75, 3.05) is 18.5 Å². The minimum absolute atomic E-state index is 0.175. The van der Waals surface area contributed by atoms with Crippen molar-refractivity contribution in [3.8, 4) is 0 Å². The number of carboxylic acids is 1. The van der Waals surface area contributed by atoms with Gasteiger partial charge in [0, 0.05) is 17.6 Å². The van der Waals surface area contributed by atoms with E-state index >= 15 is 0 Å². The molecule has 2 amide bonds. The van der Waals surface area contributed by atoms with Crippen molar-refractivity contribution >= 4 is 51.8 Å². The van der Waals surface area contributed by atoms with Crippen molar-refractivity contribution < 1.29 is 19.4 Å². The molecule has 2 saturated carbocycles. The predicted molar refractivity (Wildman–Crippen MR) is 145 cm³/mol. The average molecular weight is 552 g/mol. The predicted octanol–water partition coefficient (Wildman–Crippen LogP) is 7.06. The maximum absolute atomic E-state index is 13.3. The summed E-state index contributed by atoms with van der Waals surface area (Å²) in [5, 5.41) is 14.0. The van der Waals surface area contributed by atoms with Crippen LogP contribution in [0.2, 0.25) is 5.02 Å². The molecule has 2 fully saturated rings. The van der Waals surface area contributed by atoms with E-state index < -0.39 is 10.7 Å². The first-order valence-electron chi connectivity index (χ1n) is 12.7. The second kappa shape index (κ2) is 13.1. The number of aromatic nitrogens is 1. The molecule has 0 spiro atoms. The molecule has 2 aromatic rings. The van der Waals surface area contributed by atoms with E-state index in [1.807, 2.05) is 29.2 Å². The van der Waals surface area contributed by atoms with Gasteiger partial charge in [0.1, 0.15) is 4.75 Å². The van der Waals surface area contributed by atoms with Crippen LogP contribution in [0.15, 0.2) is 34.7 Å². The quantitative estimate of drug-likeness (QED) is 0.307. The third kappa shape index (κ3) is 7.15. The number of carbonyl (C=O) groups is 2. The molecule has 0 bridgehead atoms. The Hall–Kier alpha value is -1.81. The number of thioether (sulfide) groups is 1. The lowest BCUT2D eigenvalue weighted by atomic mass is 9.88. The molecule has 0 saturated heterocycles. The molecular weight excluding hydrogens is 518 g/mol. The van der Waals surface area contributed by atoms with E-state index in [1.165, 1.54) is 29.5 Å². The minimum atomic E-state index is -0.792. The zero-order valence-corrected chi connectivity index (χ0v) is 22.8. The summed E-state index contributed by atoms with van der Waals surface area (Å²) in [7, 11) is 0. The van der Waals surface area contributed by atoms with Gasteiger partial charge in [0.15, 0.2) is 5.13 Å². The molecule has 2 aliphatic rings. The smallest absolute Gasteiger partial charge is 0.323 e. The van der Waals surface area contributed by atoms with Crippen LogP contribution in [0.4, 0.5) is 9.93 Å². The summed E-state index contributed by atoms with van der Waals surface area (Å²) in [6.45, 7) is 1.30. The molecule has 2 aliphatic carbocycles. The lowest BCUT2D eigenvalue weighted by Gasteiger charge is -2.34. The molecule has 0 atom stereocenters. The van der Waals surface area contributed by atoms with Crippen LogP contribution < -0.4 is 5.32 Å². The summed E-state index contributed by atoms with van der Waals surface area (Å²) in [5.74, 6) is -0.758. The molecule has 36 heavy (non-hydrogen) atoms. The first-order valence-corrected chi connectivity index (χ1v) is 14.7. The number of carbonyl (C=O) groups excluding carboxylic acids is 1. The fraction of sp³-hybridized carbons (Fsp3) is 0.577. The Kier molecular flexibility index (Phi) is 9.93. The van der Waals surface area contributed by atoms with Crippen molar-refractivity contribution in [2.24, 2.45) is 0 Å². The maximum Gasteiger partial charge on any atom is 0.323 e. The van der Waals surface area contributed by atoms with Crippen LogP contribution in [-0.4, -0.2) is 50.9 Å². The number of ether oxygens (including phenoxy) is 1. The van der Waals surface area contributed by atoms with Gasteiger partial charge in [-0.15, -0.1) is 0 Å². The zero-order chi connectivity index (χ0) is 25.4. The number of rotatable bonds is 10. The van der Waals surface area contributed by atoms with E-state index in [-0.39, 0.29) is 12.1 Å². The van der Waals surface area contributed by atoms with Gasteiger partial charge in [-0.3, -0.25) is 10.1 Å². The Morgan fingerprint density at radius 2 is 1.89 bits per heavy atom. The molecule has 4 rings (SSSR count). The lowest BCUT2D eigenvalue weighted by Crippen LogP contribution is -2.45. The Morgan fingerprint density at radius 1 is 1.17 bits per heavy atom. The topological polar surface area (TPSA) is 91.8 Å². The molecule has 196 valence electrons. The molecule has 0 radical (unpaired) electrons. The molecular formula is C26H34ClN3O4S2. The van der Waals surface area contributed by atoms with Crippen LogP contribution in [0, 0.1) is 0 Å². The summed E-state index contributed by atoms with van der Waals surface area (Å²) in [6, 6.07) is 7.59. The highest BCUT2D eigenvalue weighted by molar-refractivity contribution is 8.03. The van der Waals surface area contributed by atoms with Crippen LogP contribution in [0.3, 0.4) is 0 Å². The molecule has 1 heterocycles. The normalized spacial score (nSPS) is 18.0. The van der Waals surface area contributed by atoms with E-state index in [0.29, 0.717) is 42.8 Å². The van der Waals surface area contributed by atoms with Gasteiger partial charge in [0.25, 0.3) is 0 Å². The Balaban J connectivity index is 1.36. The number of thiazole rings is 1. The molecule has 2 N–H and O–H groups in total. The maximum atomic E-state index is 13.3. The van der Waals surface area contributed by atoms with Crippen LogP contribution in [0.1, 0.15) is 69.8 Å². The Bertz CT molecular complexity index is 1020. The highest BCUT2D eigenvalue weighted by atomic mass is 35.5. The number of urea groups is 1. The van der Waals surface area contributed by atoms with Crippen LogP contribution >= 0.6 is 34.7 Å². The van der Waals surface area contributed by atoms with Gasteiger partial charge in [0.05, 0.1) is 23.6 Å². The van der Waals surface area contributed by atoms with Gasteiger partial charge in [-0.2, -0.15) is 0 Å². The van der Waals surface area contributed by atoms with Crippen molar-refractivity contribution in [1.29, 1.82) is 0 Å². The van der Waals surface area contributed by atoms with Crippen LogP contribution in [-0.2, 0) is 16.1 Å². The number of benzene rings is 1. The van der Waals surface area contributed by atoms with E-state index in [9.17, 15) is 14.7 Å². The number of nitrogens with zero attached hydrogens (tertiary/aromatic N) is 2. The fourth-order valence-electron chi connectivity index (χ4n) is 5.01. The number of carboxylic acid groups (broad SMARTS) is 1. The number of aliphatic carboxylic acids is 1. The van der Waals surface area contributed by atoms with Gasteiger partial charge >= 0.3 is 12.0 Å². The van der Waals surface area contributed by atoms with Gasteiger partial charge in [-0.1, -0.05) is 91.4 Å². The van der Waals surface area contributed by atoms with Gasteiger partial charge in [0.2, 0.25) is 0 Å². The molecule has 0 unspecified atom stereocenters. The Morgan fingerprint density at radius 3 is 2.61 bits per heavy atom. The second-order valence-electron chi connectivity index (χ2n) is 9.51. The first-order chi connectivity index (χ1) is 17.5. The summed E-state index contributed by atoms with van der Waals surface area (Å²) in [5.41, 5.74) is 0.928. The van der Waals surface area contributed by atoms with E-state index in [2.05, 4.69) is 10.3 Å². The van der Waals surface area contributed by atoms with E-state index in [0.717, 1.165) is 54.7 Å². The molecule has 10 heteroatoms. The number of hydrogen-bond donors (Lipinski definition) is 2. The van der Waals surface area contributed by atoms with Crippen molar-refractivity contribution in [3.63, 3.8) is 0 Å². The zero-order valence-electron chi connectivity index (χ0n) is 20.4. The molecule has 1 aromatic heterocycles. The van der Waals surface area contributed by atoms with Crippen LogP contribution in [0.25, 0.3) is 0 Å². The second-order valence-corrected chi connectivity index (χ2v) is 12.6. The number of nitrogens with one attached hydrogen (secondary N) is 1. The Labute approximate surface area is 226 Å². The minimum Gasteiger partial charge on any atom is -0.480 e. The SMILES string of the molecule is O=C(Nc1ncc(SC2(C(=O)O)CCCCC2)s1)N(CCOCc1ccccc1Cl)C1CCCCC1. The van der Waals surface area contributed by atoms with E-state index in [1.54, 1.807) is 6.20 Å². The van der Waals surface area contributed by atoms with Gasteiger partial charge in [-0.25, -0.2) is 9.78 Å². The number of anilines is 1. The highest BCUT2D eigenvalue weighted by Gasteiger charge is 2.41. The largest absolute Gasteiger partial charge is 0.480 e. The molecule has 1 aromatic carbocycles. The van der Waals surface area contributed by atoms with E-state index in [4.69, 9.17) is 16.3 Å². The first kappa shape index (κ1) is 27.2. The summed E-state index contributed by atoms with van der Waals surface area (Å²) in [6.07, 6.45) is 11.3. The van der Waals surface area contributed by atoms with Crippen molar-refractivity contribution in [2.45, 2.75) is 85.8 Å². The van der Waals surface area contributed by atoms with Gasteiger partial charge in [-0.05, 0) is 37.3 Å². The third-order valence-electron chi connectivity index (χ3n) is 7.01. The molecule has 0 aliphatic heterocycles. The highest BCUT2D eigenvalue weighted by Crippen LogP contribution is 2.46. The van der Waals surface area contributed by atoms with Crippen molar-refractivity contribution in [1.82, 2.24) is 9.88 Å². The number of hydrogen-bond acceptors (Lipinski definition) is 6. The summed E-state index contributed by atoms with van der Waals surface area (Å²) >= 11 is 8.95. The monoisotopic (exact) mass is 551 g/mol. The van der Waals surface area contributed by atoms with Crippen LogP contribution in [0.5, 0.6) is 0 Å².